The van der Waals surface area contributed by atoms with Crippen molar-refractivity contribution in [1.29, 1.82) is 0 Å². The number of esters is 3. The molecule has 1 heterocycles. The molecular formula is C10H10O7S. The van der Waals surface area contributed by atoms with E-state index >= 15 is 0 Å². The van der Waals surface area contributed by atoms with Gasteiger partial charge < -0.3 is 19.3 Å². The lowest BCUT2D eigenvalue weighted by molar-refractivity contribution is 0.0556. The molecule has 1 aromatic heterocycles. The van der Waals surface area contributed by atoms with Gasteiger partial charge in [0.1, 0.15) is 10.4 Å². The molecule has 7 nitrogen and oxygen atoms in total. The SMILES string of the molecule is COC(=O)c1sc(C(=O)OC)c(C(=O)OC)c1O. The van der Waals surface area contributed by atoms with Gasteiger partial charge in [0.25, 0.3) is 0 Å². The molecule has 1 N–H and O–H groups in total. The molecule has 18 heavy (non-hydrogen) atoms. The molecule has 0 atom stereocenters. The summed E-state index contributed by atoms with van der Waals surface area (Å²) in [5.74, 6) is -3.32. The van der Waals surface area contributed by atoms with Crippen molar-refractivity contribution < 1.29 is 33.7 Å². The van der Waals surface area contributed by atoms with E-state index in [1.165, 1.54) is 0 Å². The summed E-state index contributed by atoms with van der Waals surface area (Å²) in [6.07, 6.45) is 0. The van der Waals surface area contributed by atoms with Crippen LogP contribution in [0.25, 0.3) is 0 Å². The molecule has 1 rings (SSSR count). The minimum Gasteiger partial charge on any atom is -0.505 e. The first kappa shape index (κ1) is 14.0. The van der Waals surface area contributed by atoms with Crippen molar-refractivity contribution >= 4 is 29.2 Å². The van der Waals surface area contributed by atoms with Crippen molar-refractivity contribution in [2.75, 3.05) is 21.3 Å². The van der Waals surface area contributed by atoms with Crippen LogP contribution in [0.4, 0.5) is 0 Å². The topological polar surface area (TPSA) is 99.1 Å². The van der Waals surface area contributed by atoms with Crippen LogP contribution in [-0.4, -0.2) is 44.3 Å². The Hall–Kier alpha value is -2.09. The summed E-state index contributed by atoms with van der Waals surface area (Å²) >= 11 is 0.595. The molecule has 0 spiro atoms. The van der Waals surface area contributed by atoms with Gasteiger partial charge in [-0.3, -0.25) is 0 Å². The molecule has 0 aliphatic heterocycles. The van der Waals surface area contributed by atoms with Crippen molar-refractivity contribution in [3.05, 3.63) is 15.3 Å². The Kier molecular flexibility index (Phi) is 4.27. The second-order valence-corrected chi connectivity index (χ2v) is 3.98. The minimum atomic E-state index is -0.945. The molecule has 0 saturated carbocycles. The number of carbonyl (C=O) groups excluding carboxylic acids is 3. The van der Waals surface area contributed by atoms with Crippen LogP contribution in [0, 0.1) is 0 Å². The number of ether oxygens (including phenoxy) is 3. The molecule has 1 aromatic rings. The minimum absolute atomic E-state index is 0.220. The zero-order valence-electron chi connectivity index (χ0n) is 9.80. The van der Waals surface area contributed by atoms with Crippen molar-refractivity contribution in [3.63, 3.8) is 0 Å². The Morgan fingerprint density at radius 1 is 0.889 bits per heavy atom. The third kappa shape index (κ3) is 2.28. The Morgan fingerprint density at radius 3 is 1.78 bits per heavy atom. The van der Waals surface area contributed by atoms with Gasteiger partial charge in [0, 0.05) is 0 Å². The lowest BCUT2D eigenvalue weighted by atomic mass is 10.2. The van der Waals surface area contributed by atoms with E-state index in [2.05, 4.69) is 14.2 Å². The monoisotopic (exact) mass is 274 g/mol. The van der Waals surface area contributed by atoms with E-state index in [0.29, 0.717) is 11.3 Å². The fourth-order valence-corrected chi connectivity index (χ4v) is 2.20. The van der Waals surface area contributed by atoms with Gasteiger partial charge in [0.15, 0.2) is 10.6 Å². The molecule has 0 saturated heterocycles. The highest BCUT2D eigenvalue weighted by Crippen LogP contribution is 2.36. The predicted octanol–water partition coefficient (Wildman–Crippen LogP) is 0.813. The summed E-state index contributed by atoms with van der Waals surface area (Å²) in [6, 6.07) is 0. The molecule has 8 heteroatoms. The van der Waals surface area contributed by atoms with E-state index in [9.17, 15) is 19.5 Å². The van der Waals surface area contributed by atoms with Crippen molar-refractivity contribution in [2.45, 2.75) is 0 Å². The van der Waals surface area contributed by atoms with E-state index in [4.69, 9.17) is 0 Å². The maximum Gasteiger partial charge on any atom is 0.351 e. The van der Waals surface area contributed by atoms with Crippen LogP contribution < -0.4 is 0 Å². The van der Waals surface area contributed by atoms with E-state index < -0.39 is 29.2 Å². The quantitative estimate of drug-likeness (QED) is 0.643. The van der Waals surface area contributed by atoms with Crippen LogP contribution in [0.15, 0.2) is 0 Å². The second kappa shape index (κ2) is 5.50. The number of methoxy groups -OCH3 is 3. The third-order valence-corrected chi connectivity index (χ3v) is 3.15. The maximum absolute atomic E-state index is 11.5. The van der Waals surface area contributed by atoms with Gasteiger partial charge in [-0.1, -0.05) is 0 Å². The van der Waals surface area contributed by atoms with Gasteiger partial charge >= 0.3 is 17.9 Å². The number of hydrogen-bond donors (Lipinski definition) is 1. The van der Waals surface area contributed by atoms with E-state index in [-0.39, 0.29) is 9.75 Å². The van der Waals surface area contributed by atoms with E-state index in [0.717, 1.165) is 21.3 Å². The lowest BCUT2D eigenvalue weighted by Gasteiger charge is -2.00. The first-order valence-corrected chi connectivity index (χ1v) is 5.40. The first-order valence-electron chi connectivity index (χ1n) is 4.58. The van der Waals surface area contributed by atoms with Gasteiger partial charge in [-0.25, -0.2) is 14.4 Å². The van der Waals surface area contributed by atoms with Crippen LogP contribution in [0.3, 0.4) is 0 Å². The fraction of sp³-hybridized carbons (Fsp3) is 0.300. The number of aromatic hydroxyl groups is 1. The van der Waals surface area contributed by atoms with Gasteiger partial charge in [0.2, 0.25) is 0 Å². The van der Waals surface area contributed by atoms with Crippen LogP contribution in [0.1, 0.15) is 29.7 Å². The van der Waals surface area contributed by atoms with Gasteiger partial charge in [0.05, 0.1) is 21.3 Å². The summed E-state index contributed by atoms with van der Waals surface area (Å²) in [5.41, 5.74) is -0.408. The summed E-state index contributed by atoms with van der Waals surface area (Å²) in [4.78, 5) is 33.8. The standard InChI is InChI=1S/C10H10O7S/c1-15-8(12)4-5(11)7(10(14)17-3)18-6(4)9(13)16-2/h11H,1-3H3. The second-order valence-electron chi connectivity index (χ2n) is 2.96. The average molecular weight is 274 g/mol. The van der Waals surface area contributed by atoms with E-state index in [1.54, 1.807) is 0 Å². The molecule has 0 fully saturated rings. The number of rotatable bonds is 3. The van der Waals surface area contributed by atoms with E-state index in [1.807, 2.05) is 0 Å². The first-order chi connectivity index (χ1) is 8.47. The third-order valence-electron chi connectivity index (χ3n) is 2.01. The average Bonchev–Trinajstić information content (AvgIpc) is 2.73. The van der Waals surface area contributed by atoms with Gasteiger partial charge in [-0.05, 0) is 0 Å². The van der Waals surface area contributed by atoms with Crippen LogP contribution in [0.2, 0.25) is 0 Å². The lowest BCUT2D eigenvalue weighted by Crippen LogP contribution is -2.08. The molecular weight excluding hydrogens is 264 g/mol. The number of hydrogen-bond acceptors (Lipinski definition) is 8. The maximum atomic E-state index is 11.5. The Balaban J connectivity index is 3.45. The summed E-state index contributed by atoms with van der Waals surface area (Å²) in [7, 11) is 3.30. The zero-order valence-corrected chi connectivity index (χ0v) is 10.6. The van der Waals surface area contributed by atoms with Gasteiger partial charge in [-0.2, -0.15) is 0 Å². The number of thiophene rings is 1. The molecule has 0 amide bonds. The smallest absolute Gasteiger partial charge is 0.351 e. The molecule has 0 aromatic carbocycles. The Bertz CT molecular complexity index is 503. The number of carbonyl (C=O) groups is 3. The molecule has 0 unspecified atom stereocenters. The summed E-state index contributed by atoms with van der Waals surface area (Å²) in [6.45, 7) is 0. The van der Waals surface area contributed by atoms with Crippen LogP contribution in [0.5, 0.6) is 5.75 Å². The molecule has 98 valence electrons. The Morgan fingerprint density at radius 2 is 1.33 bits per heavy atom. The highest BCUT2D eigenvalue weighted by molar-refractivity contribution is 7.16. The highest BCUT2D eigenvalue weighted by atomic mass is 32.1. The highest BCUT2D eigenvalue weighted by Gasteiger charge is 2.31. The van der Waals surface area contributed by atoms with Crippen LogP contribution in [-0.2, 0) is 14.2 Å². The fourth-order valence-electron chi connectivity index (χ4n) is 1.18. The van der Waals surface area contributed by atoms with Gasteiger partial charge in [-0.15, -0.1) is 11.3 Å². The molecule has 0 aliphatic carbocycles. The van der Waals surface area contributed by atoms with Crippen molar-refractivity contribution in [2.24, 2.45) is 0 Å². The molecule has 0 aliphatic rings. The molecule has 0 bridgehead atoms. The predicted molar refractivity (Wildman–Crippen MR) is 60.0 cm³/mol. The van der Waals surface area contributed by atoms with Crippen molar-refractivity contribution in [3.8, 4) is 5.75 Å². The zero-order chi connectivity index (χ0) is 13.9. The summed E-state index contributed by atoms with van der Waals surface area (Å²) in [5, 5.41) is 9.76. The van der Waals surface area contributed by atoms with Crippen molar-refractivity contribution in [1.82, 2.24) is 0 Å². The summed E-state index contributed by atoms with van der Waals surface area (Å²) < 4.78 is 13.3. The molecule has 0 radical (unpaired) electrons. The Labute approximate surface area is 106 Å². The largest absolute Gasteiger partial charge is 0.505 e. The normalized spacial score (nSPS) is 9.72. The van der Waals surface area contributed by atoms with Crippen LogP contribution >= 0.6 is 11.3 Å².